The zero-order chi connectivity index (χ0) is 21.0. The molecule has 0 saturated carbocycles. The maximum atomic E-state index is 14.5. The van der Waals surface area contributed by atoms with Gasteiger partial charge < -0.3 is 10.1 Å². The lowest BCUT2D eigenvalue weighted by molar-refractivity contribution is -0.116. The number of carbonyl (C=O) groups excluding carboxylic acids is 1. The SMILES string of the molecule is COc1ccc2nc(-n3nc(C)c4c3NC(=O)C[C@H]4c3ccc(F)cc3F)sc2c1. The summed E-state index contributed by atoms with van der Waals surface area (Å²) in [5.41, 5.74) is 2.40. The Morgan fingerprint density at radius 2 is 2.07 bits per heavy atom. The molecular formula is C21H16F2N4O2S. The normalized spacial score (nSPS) is 15.9. The molecule has 3 heterocycles. The summed E-state index contributed by atoms with van der Waals surface area (Å²) < 4.78 is 35.7. The van der Waals surface area contributed by atoms with Gasteiger partial charge in [0, 0.05) is 24.0 Å². The molecule has 0 unspecified atom stereocenters. The molecule has 0 spiro atoms. The molecule has 1 amide bonds. The predicted octanol–water partition coefficient (Wildman–Crippen LogP) is 4.55. The van der Waals surface area contributed by atoms with E-state index in [0.29, 0.717) is 22.2 Å². The second-order valence-corrected chi connectivity index (χ2v) is 8.07. The van der Waals surface area contributed by atoms with Gasteiger partial charge in [0.05, 0.1) is 23.0 Å². The fraction of sp³-hybridized carbons (Fsp3) is 0.190. The van der Waals surface area contributed by atoms with Crippen molar-refractivity contribution >= 4 is 33.3 Å². The number of thiazole rings is 1. The van der Waals surface area contributed by atoms with Gasteiger partial charge in [-0.3, -0.25) is 4.79 Å². The summed E-state index contributed by atoms with van der Waals surface area (Å²) in [4.78, 5) is 17.1. The van der Waals surface area contributed by atoms with E-state index >= 15 is 0 Å². The molecule has 0 fully saturated rings. The molecule has 1 N–H and O–H groups in total. The smallest absolute Gasteiger partial charge is 0.226 e. The summed E-state index contributed by atoms with van der Waals surface area (Å²) in [6.45, 7) is 1.80. The lowest BCUT2D eigenvalue weighted by Crippen LogP contribution is -2.25. The molecule has 0 saturated heterocycles. The maximum Gasteiger partial charge on any atom is 0.226 e. The van der Waals surface area contributed by atoms with E-state index in [-0.39, 0.29) is 17.9 Å². The summed E-state index contributed by atoms with van der Waals surface area (Å²) in [7, 11) is 1.60. The number of amides is 1. The summed E-state index contributed by atoms with van der Waals surface area (Å²) >= 11 is 1.40. The van der Waals surface area contributed by atoms with E-state index < -0.39 is 17.6 Å². The fourth-order valence-electron chi connectivity index (χ4n) is 3.85. The minimum Gasteiger partial charge on any atom is -0.497 e. The number of nitrogens with one attached hydrogen (secondary N) is 1. The average molecular weight is 426 g/mol. The number of hydrogen-bond acceptors (Lipinski definition) is 5. The monoisotopic (exact) mass is 426 g/mol. The second kappa shape index (κ2) is 6.88. The van der Waals surface area contributed by atoms with Crippen LogP contribution >= 0.6 is 11.3 Å². The van der Waals surface area contributed by atoms with Crippen LogP contribution in [0.15, 0.2) is 36.4 Å². The van der Waals surface area contributed by atoms with Crippen LogP contribution in [0.3, 0.4) is 0 Å². The lowest BCUT2D eigenvalue weighted by Gasteiger charge is -2.24. The number of fused-ring (bicyclic) bond motifs is 2. The Hall–Kier alpha value is -3.33. The molecule has 1 aliphatic rings. The van der Waals surface area contributed by atoms with Crippen LogP contribution in [-0.2, 0) is 4.79 Å². The highest BCUT2D eigenvalue weighted by Gasteiger charge is 2.34. The van der Waals surface area contributed by atoms with Crippen LogP contribution in [0.2, 0.25) is 0 Å². The van der Waals surface area contributed by atoms with Crippen molar-refractivity contribution in [3.8, 4) is 10.9 Å². The number of anilines is 1. The maximum absolute atomic E-state index is 14.5. The van der Waals surface area contributed by atoms with Crippen molar-refractivity contribution in [2.75, 3.05) is 12.4 Å². The number of halogens is 2. The third-order valence-electron chi connectivity index (χ3n) is 5.21. The van der Waals surface area contributed by atoms with Gasteiger partial charge in [0.2, 0.25) is 11.0 Å². The first-order valence-electron chi connectivity index (χ1n) is 9.24. The summed E-state index contributed by atoms with van der Waals surface area (Å²) in [5.74, 6) is -0.980. The zero-order valence-corrected chi connectivity index (χ0v) is 16.9. The molecule has 2 aromatic carbocycles. The minimum atomic E-state index is -0.681. The largest absolute Gasteiger partial charge is 0.497 e. The number of aryl methyl sites for hydroxylation is 1. The van der Waals surface area contributed by atoms with Gasteiger partial charge in [-0.1, -0.05) is 17.4 Å². The summed E-state index contributed by atoms with van der Waals surface area (Å²) in [6, 6.07) is 8.98. The minimum absolute atomic E-state index is 0.0547. The van der Waals surface area contributed by atoms with Crippen molar-refractivity contribution in [3.63, 3.8) is 0 Å². The van der Waals surface area contributed by atoms with Crippen LogP contribution in [-0.4, -0.2) is 27.8 Å². The van der Waals surface area contributed by atoms with Crippen molar-refractivity contribution in [3.05, 3.63) is 64.9 Å². The Morgan fingerprint density at radius 1 is 1.23 bits per heavy atom. The van der Waals surface area contributed by atoms with Gasteiger partial charge in [-0.15, -0.1) is 0 Å². The van der Waals surface area contributed by atoms with Gasteiger partial charge in [0.1, 0.15) is 23.2 Å². The number of nitrogens with zero attached hydrogens (tertiary/aromatic N) is 3. The molecule has 0 radical (unpaired) electrons. The molecule has 5 rings (SSSR count). The zero-order valence-electron chi connectivity index (χ0n) is 16.1. The number of methoxy groups -OCH3 is 1. The second-order valence-electron chi connectivity index (χ2n) is 7.06. The van der Waals surface area contributed by atoms with Crippen molar-refractivity contribution in [2.45, 2.75) is 19.3 Å². The molecular weight excluding hydrogens is 410 g/mol. The van der Waals surface area contributed by atoms with Crippen molar-refractivity contribution in [1.29, 1.82) is 0 Å². The predicted molar refractivity (Wildman–Crippen MR) is 109 cm³/mol. The van der Waals surface area contributed by atoms with Crippen molar-refractivity contribution in [2.24, 2.45) is 0 Å². The Balaban J connectivity index is 1.66. The first-order chi connectivity index (χ1) is 14.4. The van der Waals surface area contributed by atoms with Gasteiger partial charge in [-0.05, 0) is 36.8 Å². The van der Waals surface area contributed by atoms with Gasteiger partial charge in [-0.25, -0.2) is 13.8 Å². The molecule has 0 aliphatic carbocycles. The van der Waals surface area contributed by atoms with Crippen LogP contribution in [0.4, 0.5) is 14.6 Å². The average Bonchev–Trinajstić information content (AvgIpc) is 3.27. The first-order valence-corrected chi connectivity index (χ1v) is 10.1. The molecule has 4 aromatic rings. The topological polar surface area (TPSA) is 69.0 Å². The quantitative estimate of drug-likeness (QED) is 0.522. The number of aromatic nitrogens is 3. The standard InChI is InChI=1S/C21H16F2N4O2S/c1-10-19-14(13-5-3-11(22)7-15(13)23)9-18(28)25-20(19)27(26-10)21-24-16-6-4-12(29-2)8-17(16)30-21/h3-8,14H,9H2,1-2H3,(H,25,28)/t14-/m0/s1. The number of rotatable bonds is 3. The van der Waals surface area contributed by atoms with E-state index in [9.17, 15) is 13.6 Å². The highest BCUT2D eigenvalue weighted by Crippen LogP contribution is 2.42. The molecule has 6 nitrogen and oxygen atoms in total. The van der Waals surface area contributed by atoms with Gasteiger partial charge >= 0.3 is 0 Å². The Bertz CT molecular complexity index is 1310. The van der Waals surface area contributed by atoms with E-state index in [1.54, 1.807) is 18.7 Å². The molecule has 1 atom stereocenters. The van der Waals surface area contributed by atoms with E-state index in [1.807, 2.05) is 18.2 Å². The number of carbonyl (C=O) groups is 1. The van der Waals surface area contributed by atoms with E-state index in [4.69, 9.17) is 4.74 Å². The number of benzene rings is 2. The Labute approximate surface area is 174 Å². The highest BCUT2D eigenvalue weighted by molar-refractivity contribution is 7.20. The highest BCUT2D eigenvalue weighted by atomic mass is 32.1. The molecule has 152 valence electrons. The fourth-order valence-corrected chi connectivity index (χ4v) is 4.80. The molecule has 9 heteroatoms. The van der Waals surface area contributed by atoms with Crippen molar-refractivity contribution in [1.82, 2.24) is 14.8 Å². The van der Waals surface area contributed by atoms with Crippen molar-refractivity contribution < 1.29 is 18.3 Å². The first kappa shape index (κ1) is 18.7. The number of hydrogen-bond donors (Lipinski definition) is 1. The molecule has 1 aliphatic heterocycles. The summed E-state index contributed by atoms with van der Waals surface area (Å²) in [5, 5.41) is 8.00. The molecule has 30 heavy (non-hydrogen) atoms. The van der Waals surface area contributed by atoms with Crippen LogP contribution in [0.5, 0.6) is 5.75 Å². The van der Waals surface area contributed by atoms with Gasteiger partial charge in [0.25, 0.3) is 0 Å². The Morgan fingerprint density at radius 3 is 2.83 bits per heavy atom. The summed E-state index contributed by atoms with van der Waals surface area (Å²) in [6.07, 6.45) is 0.0547. The van der Waals surface area contributed by atoms with Crippen LogP contribution < -0.4 is 10.1 Å². The van der Waals surface area contributed by atoms with E-state index in [1.165, 1.54) is 23.5 Å². The van der Waals surface area contributed by atoms with E-state index in [0.717, 1.165) is 22.0 Å². The van der Waals surface area contributed by atoms with Gasteiger partial charge in [0.15, 0.2) is 0 Å². The van der Waals surface area contributed by atoms with Crippen LogP contribution in [0.25, 0.3) is 15.3 Å². The van der Waals surface area contributed by atoms with Gasteiger partial charge in [-0.2, -0.15) is 9.78 Å². The molecule has 0 bridgehead atoms. The van der Waals surface area contributed by atoms with E-state index in [2.05, 4.69) is 15.4 Å². The third-order valence-corrected chi connectivity index (χ3v) is 6.20. The Kier molecular flexibility index (Phi) is 4.28. The third kappa shape index (κ3) is 2.93. The van der Waals surface area contributed by atoms with Crippen LogP contribution in [0.1, 0.15) is 29.2 Å². The van der Waals surface area contributed by atoms with Crippen LogP contribution in [0, 0.1) is 18.6 Å². The lowest BCUT2D eigenvalue weighted by atomic mass is 9.85. The number of ether oxygens (including phenoxy) is 1. The molecule has 2 aromatic heterocycles.